The lowest BCUT2D eigenvalue weighted by atomic mass is 10.1. The number of nitrogens with one attached hydrogen (secondary N) is 2. The van der Waals surface area contributed by atoms with Crippen molar-refractivity contribution in [3.63, 3.8) is 0 Å². The van der Waals surface area contributed by atoms with Crippen LogP contribution in [-0.4, -0.2) is 18.0 Å². The van der Waals surface area contributed by atoms with Gasteiger partial charge in [0.1, 0.15) is 0 Å². The van der Waals surface area contributed by atoms with Gasteiger partial charge in [-0.25, -0.2) is 5.48 Å². The number of fused-ring (bicyclic) bond motifs is 1. The quantitative estimate of drug-likeness (QED) is 0.704. The Bertz CT molecular complexity index is 462. The van der Waals surface area contributed by atoms with Crippen molar-refractivity contribution in [3.8, 4) is 0 Å². The van der Waals surface area contributed by atoms with Crippen LogP contribution in [0.1, 0.15) is 10.4 Å². The maximum Gasteiger partial charge on any atom is 0.274 e. The van der Waals surface area contributed by atoms with Crippen LogP contribution in [0, 0.1) is 0 Å². The normalized spacial score (nSPS) is 10.4. The smallest absolute Gasteiger partial charge is 0.274 e. The van der Waals surface area contributed by atoms with E-state index in [4.69, 9.17) is 0 Å². The van der Waals surface area contributed by atoms with Gasteiger partial charge in [0, 0.05) is 22.7 Å². The van der Waals surface area contributed by atoms with Crippen LogP contribution in [-0.2, 0) is 4.84 Å². The van der Waals surface area contributed by atoms with E-state index in [0.29, 0.717) is 5.56 Å². The first-order valence-electron chi connectivity index (χ1n) is 4.22. The number of hydrogen-bond donors (Lipinski definition) is 2. The van der Waals surface area contributed by atoms with E-state index in [0.717, 1.165) is 10.9 Å². The minimum Gasteiger partial charge on any atom is -0.361 e. The van der Waals surface area contributed by atoms with Gasteiger partial charge in [0.15, 0.2) is 0 Å². The fourth-order valence-corrected chi connectivity index (χ4v) is 1.35. The molecular formula is C10H10N2O2. The van der Waals surface area contributed by atoms with Crippen LogP contribution in [0.25, 0.3) is 10.9 Å². The molecule has 2 aromatic rings. The van der Waals surface area contributed by atoms with E-state index in [1.54, 1.807) is 12.1 Å². The van der Waals surface area contributed by atoms with E-state index in [2.05, 4.69) is 15.3 Å². The fourth-order valence-electron chi connectivity index (χ4n) is 1.35. The number of rotatable bonds is 2. The van der Waals surface area contributed by atoms with Gasteiger partial charge in [-0.15, -0.1) is 0 Å². The van der Waals surface area contributed by atoms with E-state index in [1.165, 1.54) is 7.11 Å². The van der Waals surface area contributed by atoms with Gasteiger partial charge in [0.2, 0.25) is 0 Å². The molecule has 0 aliphatic heterocycles. The Hall–Kier alpha value is -1.81. The zero-order valence-electron chi connectivity index (χ0n) is 7.70. The van der Waals surface area contributed by atoms with Gasteiger partial charge in [-0.05, 0) is 24.3 Å². The molecule has 0 saturated heterocycles. The van der Waals surface area contributed by atoms with E-state index in [1.807, 2.05) is 18.3 Å². The summed E-state index contributed by atoms with van der Waals surface area (Å²) in [6.07, 6.45) is 1.84. The number of aromatic nitrogens is 1. The van der Waals surface area contributed by atoms with E-state index in [-0.39, 0.29) is 5.91 Å². The van der Waals surface area contributed by atoms with Gasteiger partial charge >= 0.3 is 0 Å². The number of hydrogen-bond acceptors (Lipinski definition) is 2. The highest BCUT2D eigenvalue weighted by Crippen LogP contribution is 2.13. The summed E-state index contributed by atoms with van der Waals surface area (Å²) in [6.45, 7) is 0. The van der Waals surface area contributed by atoms with Crippen molar-refractivity contribution in [1.29, 1.82) is 0 Å². The van der Waals surface area contributed by atoms with Crippen LogP contribution in [0.3, 0.4) is 0 Å². The summed E-state index contributed by atoms with van der Waals surface area (Å²) in [7, 11) is 1.41. The number of hydroxylamine groups is 1. The maximum atomic E-state index is 11.4. The van der Waals surface area contributed by atoms with Crippen molar-refractivity contribution in [3.05, 3.63) is 36.0 Å². The summed E-state index contributed by atoms with van der Waals surface area (Å²) in [6, 6.07) is 7.33. The Morgan fingerprint density at radius 3 is 3.07 bits per heavy atom. The Morgan fingerprint density at radius 2 is 2.29 bits per heavy atom. The zero-order chi connectivity index (χ0) is 9.97. The second-order valence-electron chi connectivity index (χ2n) is 2.92. The Morgan fingerprint density at radius 1 is 1.43 bits per heavy atom. The molecule has 2 N–H and O–H groups in total. The zero-order valence-corrected chi connectivity index (χ0v) is 7.70. The molecule has 1 aromatic heterocycles. The third-order valence-corrected chi connectivity index (χ3v) is 2.01. The predicted octanol–water partition coefficient (Wildman–Crippen LogP) is 1.46. The van der Waals surface area contributed by atoms with Crippen molar-refractivity contribution in [2.24, 2.45) is 0 Å². The summed E-state index contributed by atoms with van der Waals surface area (Å²) in [4.78, 5) is 19.0. The second-order valence-corrected chi connectivity index (χ2v) is 2.92. The Kier molecular flexibility index (Phi) is 2.20. The van der Waals surface area contributed by atoms with Gasteiger partial charge in [-0.3, -0.25) is 9.63 Å². The average Bonchev–Trinajstić information content (AvgIpc) is 2.64. The average molecular weight is 190 g/mol. The van der Waals surface area contributed by atoms with Gasteiger partial charge in [-0.1, -0.05) is 0 Å². The molecular weight excluding hydrogens is 180 g/mol. The summed E-state index contributed by atoms with van der Waals surface area (Å²) in [5.41, 5.74) is 3.86. The molecule has 0 bridgehead atoms. The molecule has 0 aliphatic rings. The minimum absolute atomic E-state index is 0.240. The summed E-state index contributed by atoms with van der Waals surface area (Å²) in [5.74, 6) is -0.240. The monoisotopic (exact) mass is 190 g/mol. The first-order valence-corrected chi connectivity index (χ1v) is 4.22. The molecule has 0 atom stereocenters. The molecule has 0 aliphatic carbocycles. The molecule has 0 unspecified atom stereocenters. The molecule has 0 radical (unpaired) electrons. The Balaban J connectivity index is 2.38. The summed E-state index contributed by atoms with van der Waals surface area (Å²) >= 11 is 0. The van der Waals surface area contributed by atoms with E-state index >= 15 is 0 Å². The van der Waals surface area contributed by atoms with Crippen molar-refractivity contribution in [1.82, 2.24) is 10.5 Å². The molecule has 0 spiro atoms. The van der Waals surface area contributed by atoms with E-state index < -0.39 is 0 Å². The summed E-state index contributed by atoms with van der Waals surface area (Å²) in [5, 5.41) is 1.01. The van der Waals surface area contributed by atoms with Gasteiger partial charge in [-0.2, -0.15) is 0 Å². The lowest BCUT2D eigenvalue weighted by Gasteiger charge is -2.01. The highest BCUT2D eigenvalue weighted by Gasteiger charge is 2.05. The number of carbonyl (C=O) groups is 1. The largest absolute Gasteiger partial charge is 0.361 e. The molecule has 1 heterocycles. The topological polar surface area (TPSA) is 54.1 Å². The van der Waals surface area contributed by atoms with Crippen molar-refractivity contribution >= 4 is 16.8 Å². The highest BCUT2D eigenvalue weighted by molar-refractivity contribution is 5.97. The molecule has 4 heteroatoms. The minimum atomic E-state index is -0.240. The van der Waals surface area contributed by atoms with Crippen LogP contribution in [0.15, 0.2) is 30.5 Å². The molecule has 72 valence electrons. The third-order valence-electron chi connectivity index (χ3n) is 2.01. The Labute approximate surface area is 80.8 Å². The molecule has 1 aromatic carbocycles. The maximum absolute atomic E-state index is 11.4. The van der Waals surface area contributed by atoms with Crippen molar-refractivity contribution in [2.45, 2.75) is 0 Å². The highest BCUT2D eigenvalue weighted by atomic mass is 16.6. The van der Waals surface area contributed by atoms with Gasteiger partial charge in [0.25, 0.3) is 5.91 Å². The molecule has 4 nitrogen and oxygen atoms in total. The summed E-state index contributed by atoms with van der Waals surface area (Å²) < 4.78 is 0. The SMILES string of the molecule is CONC(=O)c1ccc2[nH]ccc2c1. The van der Waals surface area contributed by atoms with Crippen molar-refractivity contribution < 1.29 is 9.63 Å². The number of aromatic amines is 1. The lowest BCUT2D eigenvalue weighted by Crippen LogP contribution is -2.21. The standard InChI is InChI=1S/C10H10N2O2/c1-14-12-10(13)8-2-3-9-7(6-8)4-5-11-9/h2-6,11H,1H3,(H,12,13). The van der Waals surface area contributed by atoms with Crippen LogP contribution in [0.2, 0.25) is 0 Å². The van der Waals surface area contributed by atoms with Crippen LogP contribution >= 0.6 is 0 Å². The molecule has 1 amide bonds. The molecule has 0 saturated carbocycles. The lowest BCUT2D eigenvalue weighted by molar-refractivity contribution is 0.0538. The van der Waals surface area contributed by atoms with Crippen LogP contribution in [0.4, 0.5) is 0 Å². The predicted molar refractivity (Wildman–Crippen MR) is 52.8 cm³/mol. The van der Waals surface area contributed by atoms with E-state index in [9.17, 15) is 4.79 Å². The third kappa shape index (κ3) is 1.47. The van der Waals surface area contributed by atoms with Gasteiger partial charge < -0.3 is 4.98 Å². The number of H-pyrrole nitrogens is 1. The first-order chi connectivity index (χ1) is 6.81. The molecule has 2 rings (SSSR count). The fraction of sp³-hybridized carbons (Fsp3) is 0.100. The number of carbonyl (C=O) groups excluding carboxylic acids is 1. The van der Waals surface area contributed by atoms with Crippen LogP contribution < -0.4 is 5.48 Å². The number of amides is 1. The molecule has 0 fully saturated rings. The van der Waals surface area contributed by atoms with Crippen LogP contribution in [0.5, 0.6) is 0 Å². The second kappa shape index (κ2) is 3.51. The first kappa shape index (κ1) is 8.77. The van der Waals surface area contributed by atoms with Crippen molar-refractivity contribution in [2.75, 3.05) is 7.11 Å². The molecule has 14 heavy (non-hydrogen) atoms. The van der Waals surface area contributed by atoms with Gasteiger partial charge in [0.05, 0.1) is 7.11 Å². The number of benzene rings is 1.